The van der Waals surface area contributed by atoms with Gasteiger partial charge >= 0.3 is 0 Å². The first-order valence-corrected chi connectivity index (χ1v) is 8.49. The number of benzene rings is 1. The molecule has 0 amide bonds. The van der Waals surface area contributed by atoms with Gasteiger partial charge in [0.05, 0.1) is 6.54 Å². The van der Waals surface area contributed by atoms with Crippen molar-refractivity contribution >= 4 is 29.9 Å². The van der Waals surface area contributed by atoms with Crippen molar-refractivity contribution in [1.29, 1.82) is 0 Å². The Morgan fingerprint density at radius 2 is 1.96 bits per heavy atom. The average molecular weight is 455 g/mol. The third-order valence-corrected chi connectivity index (χ3v) is 3.53. The highest BCUT2D eigenvalue weighted by Crippen LogP contribution is 2.10. The molecule has 0 unspecified atom stereocenters. The number of hydrogen-bond acceptors (Lipinski definition) is 2. The van der Waals surface area contributed by atoms with E-state index >= 15 is 0 Å². The van der Waals surface area contributed by atoms with Crippen LogP contribution in [0.4, 0.5) is 0 Å². The number of rotatable bonds is 5. The molecule has 1 aromatic heterocycles. The lowest BCUT2D eigenvalue weighted by atomic mass is 10.1. The molecule has 0 bridgehead atoms. The van der Waals surface area contributed by atoms with E-state index in [4.69, 9.17) is 4.99 Å². The fraction of sp³-hybridized carbons (Fsp3) is 0.474. The van der Waals surface area contributed by atoms with E-state index < -0.39 is 0 Å². The Labute approximate surface area is 168 Å². The molecule has 0 aliphatic rings. The van der Waals surface area contributed by atoms with Gasteiger partial charge in [0.15, 0.2) is 5.96 Å². The number of aryl methyl sites for hydroxylation is 1. The molecule has 0 atom stereocenters. The molecule has 0 aliphatic heterocycles. The number of imidazole rings is 1. The summed E-state index contributed by atoms with van der Waals surface area (Å²) in [7, 11) is 0. The van der Waals surface area contributed by atoms with Gasteiger partial charge in [0, 0.05) is 31.0 Å². The van der Waals surface area contributed by atoms with Gasteiger partial charge in [0.25, 0.3) is 0 Å². The van der Waals surface area contributed by atoms with E-state index in [2.05, 4.69) is 72.1 Å². The zero-order chi connectivity index (χ0) is 17.6. The highest BCUT2D eigenvalue weighted by molar-refractivity contribution is 14.0. The van der Waals surface area contributed by atoms with E-state index in [1.807, 2.05) is 19.3 Å². The number of aliphatic imine (C=N–C) groups is 1. The van der Waals surface area contributed by atoms with Gasteiger partial charge in [-0.15, -0.1) is 24.0 Å². The molecule has 138 valence electrons. The summed E-state index contributed by atoms with van der Waals surface area (Å²) in [5, 5.41) is 6.71. The zero-order valence-corrected chi connectivity index (χ0v) is 18.2. The standard InChI is InChI=1S/C19H29N5.HI/c1-6-20-18(23-19(3,4)5)22-13-16-8-7-9-17(12-16)14-24-11-10-21-15(24)2;/h7-12H,6,13-14H2,1-5H3,(H2,20,22,23);1H. The molecule has 2 rings (SSSR count). The smallest absolute Gasteiger partial charge is 0.191 e. The monoisotopic (exact) mass is 455 g/mol. The van der Waals surface area contributed by atoms with Crippen LogP contribution >= 0.6 is 24.0 Å². The van der Waals surface area contributed by atoms with Crippen molar-refractivity contribution in [2.45, 2.75) is 53.2 Å². The number of guanidine groups is 1. The fourth-order valence-electron chi connectivity index (χ4n) is 2.43. The molecule has 6 heteroatoms. The van der Waals surface area contributed by atoms with Crippen molar-refractivity contribution in [3.63, 3.8) is 0 Å². The van der Waals surface area contributed by atoms with Crippen molar-refractivity contribution in [2.75, 3.05) is 6.54 Å². The zero-order valence-electron chi connectivity index (χ0n) is 15.8. The fourth-order valence-corrected chi connectivity index (χ4v) is 2.43. The molecule has 1 heterocycles. The minimum atomic E-state index is -0.0121. The highest BCUT2D eigenvalue weighted by Gasteiger charge is 2.11. The van der Waals surface area contributed by atoms with Gasteiger partial charge in [-0.25, -0.2) is 9.98 Å². The molecule has 0 saturated heterocycles. The molecule has 2 aromatic rings. The molecule has 1 aromatic carbocycles. The van der Waals surface area contributed by atoms with E-state index in [0.717, 1.165) is 24.9 Å². The van der Waals surface area contributed by atoms with Gasteiger partial charge in [-0.3, -0.25) is 0 Å². The summed E-state index contributed by atoms with van der Waals surface area (Å²) < 4.78 is 2.15. The summed E-state index contributed by atoms with van der Waals surface area (Å²) >= 11 is 0. The van der Waals surface area contributed by atoms with E-state index in [1.54, 1.807) is 0 Å². The predicted octanol–water partition coefficient (Wildman–Crippen LogP) is 3.71. The van der Waals surface area contributed by atoms with Crippen molar-refractivity contribution in [3.8, 4) is 0 Å². The summed E-state index contributed by atoms with van der Waals surface area (Å²) in [6.45, 7) is 12.8. The molecular formula is C19H30IN5. The third-order valence-electron chi connectivity index (χ3n) is 3.53. The molecule has 0 radical (unpaired) electrons. The Balaban J connectivity index is 0.00000312. The lowest BCUT2D eigenvalue weighted by Gasteiger charge is -2.23. The number of nitrogens with zero attached hydrogens (tertiary/aromatic N) is 3. The molecule has 5 nitrogen and oxygen atoms in total. The van der Waals surface area contributed by atoms with E-state index in [1.165, 1.54) is 11.1 Å². The first-order chi connectivity index (χ1) is 11.4. The molecule has 2 N–H and O–H groups in total. The largest absolute Gasteiger partial charge is 0.357 e. The molecular weight excluding hydrogens is 425 g/mol. The van der Waals surface area contributed by atoms with Crippen LogP contribution in [0.5, 0.6) is 0 Å². The molecule has 0 saturated carbocycles. The van der Waals surface area contributed by atoms with Crippen LogP contribution in [0, 0.1) is 6.92 Å². The minimum absolute atomic E-state index is 0. The Kier molecular flexibility index (Phi) is 8.41. The topological polar surface area (TPSA) is 54.2 Å². The lowest BCUT2D eigenvalue weighted by Crippen LogP contribution is -2.47. The van der Waals surface area contributed by atoms with Gasteiger partial charge in [0.1, 0.15) is 5.82 Å². The van der Waals surface area contributed by atoms with Crippen LogP contribution in [0.15, 0.2) is 41.7 Å². The van der Waals surface area contributed by atoms with Crippen LogP contribution in [-0.4, -0.2) is 27.6 Å². The van der Waals surface area contributed by atoms with E-state index in [9.17, 15) is 0 Å². The maximum Gasteiger partial charge on any atom is 0.191 e. The van der Waals surface area contributed by atoms with Gasteiger partial charge in [-0.1, -0.05) is 24.3 Å². The minimum Gasteiger partial charge on any atom is -0.357 e. The van der Waals surface area contributed by atoms with Crippen molar-refractivity contribution in [1.82, 2.24) is 20.2 Å². The van der Waals surface area contributed by atoms with Crippen LogP contribution in [0.1, 0.15) is 44.6 Å². The summed E-state index contributed by atoms with van der Waals surface area (Å²) in [4.78, 5) is 8.97. The van der Waals surface area contributed by atoms with Gasteiger partial charge < -0.3 is 15.2 Å². The number of halogens is 1. The summed E-state index contributed by atoms with van der Waals surface area (Å²) in [5.41, 5.74) is 2.45. The number of nitrogens with one attached hydrogen (secondary N) is 2. The van der Waals surface area contributed by atoms with Gasteiger partial charge in [-0.2, -0.15) is 0 Å². The van der Waals surface area contributed by atoms with E-state index in [-0.39, 0.29) is 29.5 Å². The second kappa shape index (κ2) is 9.79. The van der Waals surface area contributed by atoms with Crippen molar-refractivity contribution in [2.24, 2.45) is 4.99 Å². The van der Waals surface area contributed by atoms with Crippen LogP contribution in [0.3, 0.4) is 0 Å². The highest BCUT2D eigenvalue weighted by atomic mass is 127. The van der Waals surface area contributed by atoms with Crippen molar-refractivity contribution in [3.05, 3.63) is 53.6 Å². The Bertz CT molecular complexity index is 685. The molecule has 0 spiro atoms. The third kappa shape index (κ3) is 7.46. The maximum absolute atomic E-state index is 4.70. The second-order valence-corrected chi connectivity index (χ2v) is 6.99. The normalized spacial score (nSPS) is 11.8. The molecule has 0 aliphatic carbocycles. The number of hydrogen-bond donors (Lipinski definition) is 2. The molecule has 0 fully saturated rings. The van der Waals surface area contributed by atoms with Crippen molar-refractivity contribution < 1.29 is 0 Å². The van der Waals surface area contributed by atoms with Crippen LogP contribution in [-0.2, 0) is 13.1 Å². The maximum atomic E-state index is 4.70. The van der Waals surface area contributed by atoms with Crippen LogP contribution < -0.4 is 10.6 Å². The summed E-state index contributed by atoms with van der Waals surface area (Å²) in [6.07, 6.45) is 3.85. The van der Waals surface area contributed by atoms with Crippen LogP contribution in [0.2, 0.25) is 0 Å². The summed E-state index contributed by atoms with van der Waals surface area (Å²) in [5.74, 6) is 1.88. The Hall–Kier alpha value is -1.57. The second-order valence-electron chi connectivity index (χ2n) is 6.99. The average Bonchev–Trinajstić information content (AvgIpc) is 2.89. The Morgan fingerprint density at radius 3 is 2.56 bits per heavy atom. The number of aromatic nitrogens is 2. The molecule has 25 heavy (non-hydrogen) atoms. The quantitative estimate of drug-likeness (QED) is 0.411. The summed E-state index contributed by atoms with van der Waals surface area (Å²) in [6, 6.07) is 8.57. The van der Waals surface area contributed by atoms with Gasteiger partial charge in [0.2, 0.25) is 0 Å². The predicted molar refractivity (Wildman–Crippen MR) is 116 cm³/mol. The lowest BCUT2D eigenvalue weighted by molar-refractivity contribution is 0.501. The van der Waals surface area contributed by atoms with E-state index in [0.29, 0.717) is 6.54 Å². The van der Waals surface area contributed by atoms with Crippen LogP contribution in [0.25, 0.3) is 0 Å². The van der Waals surface area contributed by atoms with Gasteiger partial charge in [-0.05, 0) is 45.7 Å². The first-order valence-electron chi connectivity index (χ1n) is 8.49. The first kappa shape index (κ1) is 21.5. The Morgan fingerprint density at radius 1 is 1.24 bits per heavy atom. The SMILES string of the molecule is CCNC(=NCc1cccc(Cn2ccnc2C)c1)NC(C)(C)C.I.